The van der Waals surface area contributed by atoms with Crippen LogP contribution >= 0.6 is 0 Å². The summed E-state index contributed by atoms with van der Waals surface area (Å²) in [5.74, 6) is -0.134. The fourth-order valence-corrected chi connectivity index (χ4v) is 2.81. The van der Waals surface area contributed by atoms with Crippen molar-refractivity contribution in [2.45, 2.75) is 25.7 Å². The van der Waals surface area contributed by atoms with Gasteiger partial charge < -0.3 is 20.2 Å². The lowest BCUT2D eigenvalue weighted by molar-refractivity contribution is -0.143. The number of likely N-dealkylation sites (tertiary alicyclic amines) is 1. The van der Waals surface area contributed by atoms with E-state index in [9.17, 15) is 9.59 Å². The molecule has 0 aromatic heterocycles. The molecule has 1 heterocycles. The van der Waals surface area contributed by atoms with Crippen LogP contribution in [0.2, 0.25) is 0 Å². The minimum Gasteiger partial charge on any atom is -0.481 e. The van der Waals surface area contributed by atoms with Gasteiger partial charge in [0.05, 0.1) is 5.41 Å². The van der Waals surface area contributed by atoms with E-state index < -0.39 is 11.4 Å². The van der Waals surface area contributed by atoms with Gasteiger partial charge >= 0.3 is 12.0 Å². The number of carboxylic acid groups (broad SMARTS) is 1. The van der Waals surface area contributed by atoms with Crippen molar-refractivity contribution in [1.29, 1.82) is 0 Å². The third-order valence-corrected chi connectivity index (χ3v) is 4.41. The zero-order valence-corrected chi connectivity index (χ0v) is 12.4. The molecule has 2 aliphatic rings. The van der Waals surface area contributed by atoms with Gasteiger partial charge in [-0.1, -0.05) is 0 Å². The van der Waals surface area contributed by atoms with E-state index in [-0.39, 0.29) is 12.6 Å². The second-order valence-corrected chi connectivity index (χ2v) is 6.44. The summed E-state index contributed by atoms with van der Waals surface area (Å²) in [5.41, 5.74) is -0.682. The number of piperidine rings is 1. The number of urea groups is 1. The highest BCUT2D eigenvalue weighted by Crippen LogP contribution is 2.45. The van der Waals surface area contributed by atoms with Crippen LogP contribution in [0.25, 0.3) is 0 Å². The molecular formula is C14H25N3O3. The molecule has 1 aliphatic carbocycles. The molecule has 1 saturated carbocycles. The molecule has 0 spiro atoms. The van der Waals surface area contributed by atoms with E-state index in [0.717, 1.165) is 32.5 Å². The van der Waals surface area contributed by atoms with Gasteiger partial charge in [-0.3, -0.25) is 4.79 Å². The number of carbonyl (C=O) groups excluding carboxylic acids is 1. The van der Waals surface area contributed by atoms with Gasteiger partial charge in [0, 0.05) is 26.2 Å². The third kappa shape index (κ3) is 3.62. The Kier molecular flexibility index (Phi) is 4.52. The van der Waals surface area contributed by atoms with E-state index in [4.69, 9.17) is 5.11 Å². The predicted molar refractivity (Wildman–Crippen MR) is 75.6 cm³/mol. The quantitative estimate of drug-likeness (QED) is 0.784. The molecule has 20 heavy (non-hydrogen) atoms. The van der Waals surface area contributed by atoms with Crippen LogP contribution in [0.15, 0.2) is 0 Å². The summed E-state index contributed by atoms with van der Waals surface area (Å²) in [7, 11) is 4.14. The van der Waals surface area contributed by atoms with E-state index in [1.54, 1.807) is 0 Å². The van der Waals surface area contributed by atoms with Crippen molar-refractivity contribution in [2.24, 2.45) is 11.3 Å². The standard InChI is InChI=1S/C14H25N3O3/c1-16(2)9-11-3-7-17(8-4-11)13(20)15-10-14(5-6-14)12(18)19/h11H,3-10H2,1-2H3,(H,15,20)(H,18,19). The molecule has 0 atom stereocenters. The lowest BCUT2D eigenvalue weighted by Gasteiger charge is -2.33. The fraction of sp³-hybridized carbons (Fsp3) is 0.857. The third-order valence-electron chi connectivity index (χ3n) is 4.41. The van der Waals surface area contributed by atoms with Crippen LogP contribution in [0.1, 0.15) is 25.7 Å². The van der Waals surface area contributed by atoms with Crippen LogP contribution in [0.4, 0.5) is 4.79 Å². The first-order valence-corrected chi connectivity index (χ1v) is 7.34. The Balaban J connectivity index is 1.71. The maximum atomic E-state index is 12.0. The predicted octanol–water partition coefficient (Wildman–Crippen LogP) is 0.834. The summed E-state index contributed by atoms with van der Waals surface area (Å²) >= 11 is 0. The summed E-state index contributed by atoms with van der Waals surface area (Å²) in [5, 5.41) is 11.9. The van der Waals surface area contributed by atoms with E-state index in [1.165, 1.54) is 0 Å². The van der Waals surface area contributed by atoms with Gasteiger partial charge in [-0.15, -0.1) is 0 Å². The molecule has 6 nitrogen and oxygen atoms in total. The number of aliphatic carboxylic acids is 1. The normalized spacial score (nSPS) is 21.9. The second-order valence-electron chi connectivity index (χ2n) is 6.44. The number of hydrogen-bond acceptors (Lipinski definition) is 3. The van der Waals surface area contributed by atoms with Gasteiger partial charge in [0.2, 0.25) is 0 Å². The average Bonchev–Trinajstić information content (AvgIpc) is 3.17. The Hall–Kier alpha value is -1.30. The molecule has 114 valence electrons. The molecule has 2 N–H and O–H groups in total. The topological polar surface area (TPSA) is 72.9 Å². The van der Waals surface area contributed by atoms with Crippen LogP contribution in [-0.2, 0) is 4.79 Å². The summed E-state index contributed by atoms with van der Waals surface area (Å²) in [6.07, 6.45) is 3.40. The van der Waals surface area contributed by atoms with Crippen LogP contribution < -0.4 is 5.32 Å². The summed E-state index contributed by atoms with van der Waals surface area (Å²) in [4.78, 5) is 27.1. The zero-order chi connectivity index (χ0) is 14.8. The molecule has 6 heteroatoms. The Morgan fingerprint density at radius 3 is 2.35 bits per heavy atom. The number of carboxylic acids is 1. The number of nitrogens with zero attached hydrogens (tertiary/aromatic N) is 2. The first kappa shape index (κ1) is 15.1. The number of nitrogens with one attached hydrogen (secondary N) is 1. The number of hydrogen-bond donors (Lipinski definition) is 2. The van der Waals surface area contributed by atoms with Crippen molar-refractivity contribution in [3.05, 3.63) is 0 Å². The Bertz CT molecular complexity index is 372. The lowest BCUT2D eigenvalue weighted by Crippen LogP contribution is -2.47. The van der Waals surface area contributed by atoms with Crippen molar-refractivity contribution < 1.29 is 14.7 Å². The van der Waals surface area contributed by atoms with Gasteiger partial charge in [0.15, 0.2) is 0 Å². The minimum atomic E-state index is -0.789. The molecule has 2 amide bonds. The number of carbonyl (C=O) groups is 2. The molecular weight excluding hydrogens is 258 g/mol. The van der Waals surface area contributed by atoms with Crippen molar-refractivity contribution in [1.82, 2.24) is 15.1 Å². The van der Waals surface area contributed by atoms with Gasteiger partial charge in [-0.2, -0.15) is 0 Å². The van der Waals surface area contributed by atoms with Crippen LogP contribution in [0, 0.1) is 11.3 Å². The highest BCUT2D eigenvalue weighted by molar-refractivity contribution is 5.80. The fourth-order valence-electron chi connectivity index (χ4n) is 2.81. The highest BCUT2D eigenvalue weighted by atomic mass is 16.4. The highest BCUT2D eigenvalue weighted by Gasteiger charge is 2.50. The zero-order valence-electron chi connectivity index (χ0n) is 12.4. The Morgan fingerprint density at radius 1 is 1.30 bits per heavy atom. The van der Waals surface area contributed by atoms with Gasteiger partial charge in [-0.05, 0) is 45.7 Å². The first-order valence-electron chi connectivity index (χ1n) is 7.34. The SMILES string of the molecule is CN(C)CC1CCN(C(=O)NCC2(C(=O)O)CC2)CC1. The molecule has 0 radical (unpaired) electrons. The van der Waals surface area contributed by atoms with Crippen molar-refractivity contribution in [3.63, 3.8) is 0 Å². The van der Waals surface area contributed by atoms with Crippen LogP contribution in [-0.4, -0.2) is 67.2 Å². The van der Waals surface area contributed by atoms with Gasteiger partial charge in [0.1, 0.15) is 0 Å². The number of amides is 2. The van der Waals surface area contributed by atoms with Crippen molar-refractivity contribution >= 4 is 12.0 Å². The monoisotopic (exact) mass is 283 g/mol. The Morgan fingerprint density at radius 2 is 1.90 bits per heavy atom. The van der Waals surface area contributed by atoms with Gasteiger partial charge in [0.25, 0.3) is 0 Å². The van der Waals surface area contributed by atoms with E-state index in [1.807, 2.05) is 4.90 Å². The summed E-state index contributed by atoms with van der Waals surface area (Å²) < 4.78 is 0. The molecule has 0 aromatic carbocycles. The molecule has 0 aromatic rings. The number of rotatable bonds is 5. The maximum absolute atomic E-state index is 12.0. The van der Waals surface area contributed by atoms with Gasteiger partial charge in [-0.25, -0.2) is 4.79 Å². The smallest absolute Gasteiger partial charge is 0.317 e. The van der Waals surface area contributed by atoms with Crippen LogP contribution in [0.5, 0.6) is 0 Å². The largest absolute Gasteiger partial charge is 0.481 e. The molecule has 1 saturated heterocycles. The summed E-state index contributed by atoms with van der Waals surface area (Å²) in [6.45, 7) is 2.87. The first-order chi connectivity index (χ1) is 9.43. The average molecular weight is 283 g/mol. The molecule has 0 unspecified atom stereocenters. The maximum Gasteiger partial charge on any atom is 0.317 e. The molecule has 2 rings (SSSR count). The van der Waals surface area contributed by atoms with E-state index in [0.29, 0.717) is 18.8 Å². The molecule has 0 bridgehead atoms. The van der Waals surface area contributed by atoms with Crippen molar-refractivity contribution in [2.75, 3.05) is 40.3 Å². The Labute approximate surface area is 120 Å². The lowest BCUT2D eigenvalue weighted by atomic mass is 9.96. The molecule has 2 fully saturated rings. The van der Waals surface area contributed by atoms with E-state index in [2.05, 4.69) is 24.3 Å². The summed E-state index contributed by atoms with van der Waals surface area (Å²) in [6, 6.07) is -0.110. The second kappa shape index (κ2) is 5.99. The van der Waals surface area contributed by atoms with E-state index >= 15 is 0 Å². The minimum absolute atomic E-state index is 0.110. The van der Waals surface area contributed by atoms with Crippen molar-refractivity contribution in [3.8, 4) is 0 Å². The molecule has 1 aliphatic heterocycles. The van der Waals surface area contributed by atoms with Crippen LogP contribution in [0.3, 0.4) is 0 Å².